The molecule has 3 amide bonds. The number of hydrogen-bond acceptors (Lipinski definition) is 3. The standard InChI is InChI=1S/C24H17Br2ClN4O3/c1-13-2-6-17(7-3-13)28-22(32)21-11-14-10-15(25)5-9-20(14)31(21)30-24(34)23(33)29-19-8-4-16(26)12-18(19)27/h2-12H,1H3,(H,28,32)(H,29,33)(H,30,34). The van der Waals surface area contributed by atoms with Gasteiger partial charge in [0.2, 0.25) is 0 Å². The first-order valence-electron chi connectivity index (χ1n) is 9.97. The second-order valence-corrected chi connectivity index (χ2v) is 9.65. The molecule has 34 heavy (non-hydrogen) atoms. The fourth-order valence-corrected chi connectivity index (χ4v) is 4.33. The van der Waals surface area contributed by atoms with Gasteiger partial charge in [0, 0.05) is 20.0 Å². The van der Waals surface area contributed by atoms with Crippen LogP contribution >= 0.6 is 43.5 Å². The summed E-state index contributed by atoms with van der Waals surface area (Å²) < 4.78 is 2.82. The summed E-state index contributed by atoms with van der Waals surface area (Å²) in [6, 6.07) is 19.1. The van der Waals surface area contributed by atoms with Crippen molar-refractivity contribution in [3.8, 4) is 0 Å². The molecule has 4 aromatic rings. The van der Waals surface area contributed by atoms with E-state index in [1.165, 1.54) is 4.68 Å². The predicted octanol–water partition coefficient (Wildman–Crippen LogP) is 6.09. The van der Waals surface area contributed by atoms with Gasteiger partial charge >= 0.3 is 11.8 Å². The molecule has 3 aromatic carbocycles. The number of carbonyl (C=O) groups excluding carboxylic acids is 3. The Morgan fingerprint density at radius 2 is 1.50 bits per heavy atom. The molecule has 0 bridgehead atoms. The lowest BCUT2D eigenvalue weighted by atomic mass is 10.2. The Morgan fingerprint density at radius 3 is 2.21 bits per heavy atom. The van der Waals surface area contributed by atoms with E-state index in [4.69, 9.17) is 11.6 Å². The van der Waals surface area contributed by atoms with E-state index in [9.17, 15) is 14.4 Å². The third-order valence-corrected chi connectivity index (χ3v) is 6.20. The summed E-state index contributed by atoms with van der Waals surface area (Å²) in [4.78, 5) is 38.4. The Bertz CT molecular complexity index is 1430. The van der Waals surface area contributed by atoms with E-state index in [0.29, 0.717) is 16.6 Å². The van der Waals surface area contributed by atoms with Gasteiger partial charge in [0.15, 0.2) is 0 Å². The van der Waals surface area contributed by atoms with Crippen LogP contribution < -0.4 is 16.1 Å². The molecule has 0 saturated carbocycles. The number of nitrogens with one attached hydrogen (secondary N) is 3. The van der Waals surface area contributed by atoms with Crippen molar-refractivity contribution in [3.05, 3.63) is 92.0 Å². The molecule has 0 spiro atoms. The summed E-state index contributed by atoms with van der Waals surface area (Å²) in [7, 11) is 0. The van der Waals surface area contributed by atoms with Gasteiger partial charge in [-0.05, 0) is 61.5 Å². The molecule has 0 saturated heterocycles. The molecule has 0 radical (unpaired) electrons. The summed E-state index contributed by atoms with van der Waals surface area (Å²) in [5.41, 5.74) is 5.15. The smallest absolute Gasteiger partial charge is 0.321 e. The van der Waals surface area contributed by atoms with Crippen molar-refractivity contribution in [2.45, 2.75) is 6.92 Å². The zero-order valence-corrected chi connectivity index (χ0v) is 21.6. The quantitative estimate of drug-likeness (QED) is 0.246. The number of hydrogen-bond donors (Lipinski definition) is 3. The molecule has 1 aromatic heterocycles. The normalized spacial score (nSPS) is 10.7. The lowest BCUT2D eigenvalue weighted by Gasteiger charge is -2.13. The van der Waals surface area contributed by atoms with Crippen LogP contribution in [0.2, 0.25) is 5.02 Å². The average molecular weight is 605 g/mol. The van der Waals surface area contributed by atoms with Crippen LogP contribution in [0.25, 0.3) is 10.9 Å². The number of anilines is 2. The highest BCUT2D eigenvalue weighted by Gasteiger charge is 2.21. The molecule has 10 heteroatoms. The summed E-state index contributed by atoms with van der Waals surface area (Å²) in [6.45, 7) is 1.95. The fraction of sp³-hybridized carbons (Fsp3) is 0.0417. The van der Waals surface area contributed by atoms with Gasteiger partial charge in [0.25, 0.3) is 5.91 Å². The predicted molar refractivity (Wildman–Crippen MR) is 141 cm³/mol. The Kier molecular flexibility index (Phi) is 7.06. The Balaban J connectivity index is 1.62. The van der Waals surface area contributed by atoms with Crippen LogP contribution in [0.3, 0.4) is 0 Å². The first-order chi connectivity index (χ1) is 16.2. The number of amides is 3. The number of nitrogens with zero attached hydrogens (tertiary/aromatic N) is 1. The van der Waals surface area contributed by atoms with Gasteiger partial charge in [0.05, 0.1) is 16.2 Å². The maximum absolute atomic E-state index is 13.1. The average Bonchev–Trinajstić information content (AvgIpc) is 3.14. The molecule has 0 aliphatic heterocycles. The van der Waals surface area contributed by atoms with E-state index < -0.39 is 17.7 Å². The van der Waals surface area contributed by atoms with Crippen molar-refractivity contribution < 1.29 is 14.4 Å². The summed E-state index contributed by atoms with van der Waals surface area (Å²) in [5, 5.41) is 6.25. The third-order valence-electron chi connectivity index (χ3n) is 4.90. The molecule has 0 aliphatic rings. The highest BCUT2D eigenvalue weighted by atomic mass is 79.9. The van der Waals surface area contributed by atoms with Crippen LogP contribution in [0.1, 0.15) is 16.1 Å². The molecular weight excluding hydrogens is 588 g/mol. The number of aryl methyl sites for hydroxylation is 1. The third kappa shape index (κ3) is 5.32. The first-order valence-corrected chi connectivity index (χ1v) is 11.9. The molecule has 7 nitrogen and oxygen atoms in total. The van der Waals surface area contributed by atoms with Gasteiger partial charge in [-0.3, -0.25) is 19.8 Å². The van der Waals surface area contributed by atoms with Crippen molar-refractivity contribution >= 4 is 83.5 Å². The molecular formula is C24H17Br2ClN4O3. The summed E-state index contributed by atoms with van der Waals surface area (Å²) in [5.74, 6) is -2.36. The number of aromatic nitrogens is 1. The minimum atomic E-state index is -0.969. The van der Waals surface area contributed by atoms with Crippen LogP contribution in [0.5, 0.6) is 0 Å². The Hall–Kier alpha value is -3.14. The number of fused-ring (bicyclic) bond motifs is 1. The fourth-order valence-electron chi connectivity index (χ4n) is 3.23. The van der Waals surface area contributed by atoms with E-state index >= 15 is 0 Å². The summed E-state index contributed by atoms with van der Waals surface area (Å²) >= 11 is 12.8. The van der Waals surface area contributed by atoms with Crippen molar-refractivity contribution in [1.29, 1.82) is 0 Å². The second-order valence-electron chi connectivity index (χ2n) is 7.41. The van der Waals surface area contributed by atoms with Crippen LogP contribution in [0.4, 0.5) is 11.4 Å². The van der Waals surface area contributed by atoms with Gasteiger partial charge in [0.1, 0.15) is 5.69 Å². The monoisotopic (exact) mass is 602 g/mol. The molecule has 4 rings (SSSR count). The molecule has 3 N–H and O–H groups in total. The number of carbonyl (C=O) groups is 3. The van der Waals surface area contributed by atoms with E-state index in [1.807, 2.05) is 25.1 Å². The maximum atomic E-state index is 13.1. The van der Waals surface area contributed by atoms with Crippen LogP contribution in [0, 0.1) is 6.92 Å². The number of rotatable bonds is 4. The minimum Gasteiger partial charge on any atom is -0.321 e. The van der Waals surface area contributed by atoms with Crippen molar-refractivity contribution in [2.24, 2.45) is 0 Å². The molecule has 0 fully saturated rings. The minimum absolute atomic E-state index is 0.150. The van der Waals surface area contributed by atoms with Gasteiger partial charge in [-0.2, -0.15) is 0 Å². The van der Waals surface area contributed by atoms with Gasteiger partial charge < -0.3 is 10.6 Å². The van der Waals surface area contributed by atoms with Crippen molar-refractivity contribution in [1.82, 2.24) is 4.68 Å². The lowest BCUT2D eigenvalue weighted by Crippen LogP contribution is -2.36. The van der Waals surface area contributed by atoms with Crippen molar-refractivity contribution in [2.75, 3.05) is 16.1 Å². The highest BCUT2D eigenvalue weighted by molar-refractivity contribution is 9.10. The zero-order valence-electron chi connectivity index (χ0n) is 17.7. The number of benzene rings is 3. The van der Waals surface area contributed by atoms with Gasteiger partial charge in [-0.1, -0.05) is 61.2 Å². The lowest BCUT2D eigenvalue weighted by molar-refractivity contribution is -0.133. The van der Waals surface area contributed by atoms with Crippen molar-refractivity contribution in [3.63, 3.8) is 0 Å². The highest BCUT2D eigenvalue weighted by Crippen LogP contribution is 2.26. The number of halogens is 3. The van der Waals surface area contributed by atoms with Gasteiger partial charge in [-0.25, -0.2) is 4.68 Å². The van der Waals surface area contributed by atoms with Crippen LogP contribution in [-0.2, 0) is 9.59 Å². The molecule has 0 aliphatic carbocycles. The molecule has 1 heterocycles. The van der Waals surface area contributed by atoms with Crippen LogP contribution in [-0.4, -0.2) is 22.4 Å². The first kappa shape index (κ1) is 24.0. The van der Waals surface area contributed by atoms with Crippen LogP contribution in [0.15, 0.2) is 75.7 Å². The van der Waals surface area contributed by atoms with E-state index in [-0.39, 0.29) is 16.4 Å². The van der Waals surface area contributed by atoms with E-state index in [0.717, 1.165) is 14.5 Å². The van der Waals surface area contributed by atoms with E-state index in [1.54, 1.807) is 48.5 Å². The molecule has 0 unspecified atom stereocenters. The Morgan fingerprint density at radius 1 is 0.824 bits per heavy atom. The summed E-state index contributed by atoms with van der Waals surface area (Å²) in [6.07, 6.45) is 0. The topological polar surface area (TPSA) is 92.2 Å². The second kappa shape index (κ2) is 10.0. The van der Waals surface area contributed by atoms with E-state index in [2.05, 4.69) is 47.9 Å². The van der Waals surface area contributed by atoms with Gasteiger partial charge in [-0.15, -0.1) is 0 Å². The SMILES string of the molecule is Cc1ccc(NC(=O)c2cc3cc(Br)ccc3n2NC(=O)C(=O)Nc2ccc(Br)cc2Cl)cc1. The maximum Gasteiger partial charge on any atom is 0.328 e. The zero-order chi connectivity index (χ0) is 24.4. The largest absolute Gasteiger partial charge is 0.328 e. The Labute approximate surface area is 216 Å². The molecule has 172 valence electrons. The molecule has 0 atom stereocenters.